The summed E-state index contributed by atoms with van der Waals surface area (Å²) in [7, 11) is -3.20. The number of aryl methyl sites for hydroxylation is 1. The number of urea groups is 1. The maximum Gasteiger partial charge on any atom is 0.317 e. The van der Waals surface area contributed by atoms with E-state index in [9.17, 15) is 13.2 Å². The first-order chi connectivity index (χ1) is 13.0. The third-order valence-electron chi connectivity index (χ3n) is 6.25. The first-order valence-electron chi connectivity index (χ1n) is 10.2. The number of sulfonamides is 1. The minimum absolute atomic E-state index is 0.0450. The molecule has 3 aliphatic rings. The summed E-state index contributed by atoms with van der Waals surface area (Å²) in [5.41, 5.74) is 2.71. The van der Waals surface area contributed by atoms with Crippen molar-refractivity contribution >= 4 is 16.1 Å². The molecule has 0 aromatic heterocycles. The van der Waals surface area contributed by atoms with Gasteiger partial charge in [0.15, 0.2) is 0 Å². The van der Waals surface area contributed by atoms with E-state index in [4.69, 9.17) is 0 Å². The topological polar surface area (TPSA) is 69.7 Å². The summed E-state index contributed by atoms with van der Waals surface area (Å²) in [4.78, 5) is 14.4. The summed E-state index contributed by atoms with van der Waals surface area (Å²) in [6, 6.07) is 8.54. The monoisotopic (exact) mass is 391 g/mol. The van der Waals surface area contributed by atoms with Crippen molar-refractivity contribution in [2.75, 3.05) is 26.2 Å². The lowest BCUT2D eigenvalue weighted by atomic mass is 9.88. The molecule has 1 aromatic carbocycles. The molecule has 4 rings (SSSR count). The van der Waals surface area contributed by atoms with Crippen molar-refractivity contribution in [3.8, 4) is 0 Å². The van der Waals surface area contributed by atoms with Crippen LogP contribution in [0.15, 0.2) is 24.3 Å². The van der Waals surface area contributed by atoms with Crippen LogP contribution in [0.3, 0.4) is 0 Å². The Hall–Kier alpha value is -1.60. The number of nitrogens with one attached hydrogen (secondary N) is 1. The fourth-order valence-corrected chi connectivity index (χ4v) is 6.59. The van der Waals surface area contributed by atoms with Crippen molar-refractivity contribution in [3.63, 3.8) is 0 Å². The largest absolute Gasteiger partial charge is 0.335 e. The molecule has 2 aliphatic heterocycles. The smallest absolute Gasteiger partial charge is 0.317 e. The van der Waals surface area contributed by atoms with Gasteiger partial charge in [-0.15, -0.1) is 0 Å². The summed E-state index contributed by atoms with van der Waals surface area (Å²) in [6.45, 7) is 2.36. The summed E-state index contributed by atoms with van der Waals surface area (Å²) in [5, 5.41) is 2.83. The molecular formula is C20H29N3O3S. The SMILES string of the molecule is O=C(NC1CCc2ccccc2C1)N1CCC(S(=O)(=O)N2CCCC2)CC1. The Kier molecular flexibility index (Phi) is 5.41. The Labute approximate surface area is 162 Å². The number of amides is 2. The van der Waals surface area contributed by atoms with Gasteiger partial charge in [0.05, 0.1) is 5.25 Å². The van der Waals surface area contributed by atoms with E-state index in [0.717, 1.165) is 32.1 Å². The maximum atomic E-state index is 12.7. The molecule has 1 aromatic rings. The zero-order chi connectivity index (χ0) is 18.9. The molecule has 2 heterocycles. The fraction of sp³-hybridized carbons (Fsp3) is 0.650. The number of likely N-dealkylation sites (tertiary alicyclic amines) is 1. The minimum Gasteiger partial charge on any atom is -0.335 e. The van der Waals surface area contributed by atoms with Crippen molar-refractivity contribution < 1.29 is 13.2 Å². The second kappa shape index (κ2) is 7.80. The second-order valence-corrected chi connectivity index (χ2v) is 10.2. The van der Waals surface area contributed by atoms with Gasteiger partial charge in [-0.2, -0.15) is 0 Å². The van der Waals surface area contributed by atoms with Gasteiger partial charge in [-0.25, -0.2) is 17.5 Å². The number of hydrogen-bond donors (Lipinski definition) is 1. The normalized spacial score (nSPS) is 24.6. The van der Waals surface area contributed by atoms with E-state index in [1.807, 2.05) is 0 Å². The lowest BCUT2D eigenvalue weighted by molar-refractivity contribution is 0.181. The first-order valence-corrected chi connectivity index (χ1v) is 11.7. The molecule has 27 heavy (non-hydrogen) atoms. The second-order valence-electron chi connectivity index (χ2n) is 8.00. The van der Waals surface area contributed by atoms with Crippen LogP contribution < -0.4 is 5.32 Å². The number of nitrogens with zero attached hydrogens (tertiary/aromatic N) is 2. The summed E-state index contributed by atoms with van der Waals surface area (Å²) in [5.74, 6) is 0. The molecule has 2 amide bonds. The quantitative estimate of drug-likeness (QED) is 0.858. The van der Waals surface area contributed by atoms with Gasteiger partial charge in [-0.05, 0) is 56.1 Å². The van der Waals surface area contributed by atoms with Gasteiger partial charge in [-0.3, -0.25) is 0 Å². The van der Waals surface area contributed by atoms with E-state index >= 15 is 0 Å². The number of rotatable bonds is 3. The standard InChI is InChI=1S/C20H29N3O3S/c24-20(21-18-8-7-16-5-1-2-6-17(16)15-18)22-13-9-19(10-14-22)27(25,26)23-11-3-4-12-23/h1-2,5-6,18-19H,3-4,7-15H2,(H,21,24). The van der Waals surface area contributed by atoms with Gasteiger partial charge in [0.25, 0.3) is 0 Å². The molecule has 0 bridgehead atoms. The molecule has 1 unspecified atom stereocenters. The van der Waals surface area contributed by atoms with Gasteiger partial charge >= 0.3 is 6.03 Å². The lowest BCUT2D eigenvalue weighted by Gasteiger charge is -2.35. The molecule has 0 radical (unpaired) electrons. The summed E-state index contributed by atoms with van der Waals surface area (Å²) >= 11 is 0. The highest BCUT2D eigenvalue weighted by Crippen LogP contribution is 2.25. The average molecular weight is 392 g/mol. The summed E-state index contributed by atoms with van der Waals surface area (Å²) in [6.07, 6.45) is 5.84. The van der Waals surface area contributed by atoms with Crippen molar-refractivity contribution in [1.29, 1.82) is 0 Å². The third kappa shape index (κ3) is 3.99. The van der Waals surface area contributed by atoms with E-state index in [1.54, 1.807) is 9.21 Å². The maximum absolute atomic E-state index is 12.7. The van der Waals surface area contributed by atoms with E-state index < -0.39 is 10.0 Å². The Bertz CT molecular complexity index is 781. The summed E-state index contributed by atoms with van der Waals surface area (Å²) < 4.78 is 27.1. The van der Waals surface area contributed by atoms with Crippen LogP contribution in [0.2, 0.25) is 0 Å². The zero-order valence-corrected chi connectivity index (χ0v) is 16.6. The fourth-order valence-electron chi connectivity index (χ4n) is 4.60. The molecule has 148 valence electrons. The predicted molar refractivity (Wildman–Crippen MR) is 105 cm³/mol. The molecule has 7 heteroatoms. The Morgan fingerprint density at radius 3 is 2.33 bits per heavy atom. The van der Waals surface area contributed by atoms with Gasteiger partial charge in [0.1, 0.15) is 0 Å². The van der Waals surface area contributed by atoms with Crippen molar-refractivity contribution in [2.24, 2.45) is 0 Å². The average Bonchev–Trinajstić information content (AvgIpc) is 3.24. The highest BCUT2D eigenvalue weighted by atomic mass is 32.2. The van der Waals surface area contributed by atoms with Crippen LogP contribution in [-0.2, 0) is 22.9 Å². The number of hydrogen-bond acceptors (Lipinski definition) is 3. The Balaban J connectivity index is 1.29. The van der Waals surface area contributed by atoms with Gasteiger partial charge in [0.2, 0.25) is 10.0 Å². The molecule has 0 spiro atoms. The van der Waals surface area contributed by atoms with Crippen LogP contribution in [0.25, 0.3) is 0 Å². The van der Waals surface area contributed by atoms with Crippen molar-refractivity contribution in [2.45, 2.75) is 56.2 Å². The van der Waals surface area contributed by atoms with Crippen LogP contribution >= 0.6 is 0 Å². The van der Waals surface area contributed by atoms with Gasteiger partial charge < -0.3 is 10.2 Å². The molecular weight excluding hydrogens is 362 g/mol. The highest BCUT2D eigenvalue weighted by molar-refractivity contribution is 7.89. The molecule has 6 nitrogen and oxygen atoms in total. The number of carbonyl (C=O) groups excluding carboxylic acids is 1. The molecule has 0 saturated carbocycles. The highest BCUT2D eigenvalue weighted by Gasteiger charge is 2.37. The van der Waals surface area contributed by atoms with Gasteiger partial charge in [0, 0.05) is 32.2 Å². The Morgan fingerprint density at radius 2 is 1.63 bits per heavy atom. The van der Waals surface area contributed by atoms with Crippen LogP contribution in [-0.4, -0.2) is 61.1 Å². The van der Waals surface area contributed by atoms with Crippen LogP contribution in [0.4, 0.5) is 4.79 Å². The third-order valence-corrected chi connectivity index (χ3v) is 8.65. The first kappa shape index (κ1) is 18.7. The van der Waals surface area contributed by atoms with Crippen molar-refractivity contribution in [3.05, 3.63) is 35.4 Å². The van der Waals surface area contributed by atoms with Gasteiger partial charge in [-0.1, -0.05) is 24.3 Å². The molecule has 1 N–H and O–H groups in total. The number of carbonyl (C=O) groups is 1. The van der Waals surface area contributed by atoms with E-state index in [1.165, 1.54) is 11.1 Å². The molecule has 2 saturated heterocycles. The predicted octanol–water partition coefficient (Wildman–Crippen LogP) is 2.14. The van der Waals surface area contributed by atoms with Crippen molar-refractivity contribution in [1.82, 2.24) is 14.5 Å². The van der Waals surface area contributed by atoms with E-state index in [0.29, 0.717) is 39.0 Å². The molecule has 1 atom stereocenters. The van der Waals surface area contributed by atoms with E-state index in [-0.39, 0.29) is 17.3 Å². The Morgan fingerprint density at radius 1 is 0.963 bits per heavy atom. The minimum atomic E-state index is -3.20. The van der Waals surface area contributed by atoms with Crippen LogP contribution in [0, 0.1) is 0 Å². The molecule has 2 fully saturated rings. The number of fused-ring (bicyclic) bond motifs is 1. The number of benzene rings is 1. The molecule has 1 aliphatic carbocycles. The van der Waals surface area contributed by atoms with Crippen LogP contribution in [0.5, 0.6) is 0 Å². The van der Waals surface area contributed by atoms with E-state index in [2.05, 4.69) is 29.6 Å². The lowest BCUT2D eigenvalue weighted by Crippen LogP contribution is -2.51. The number of piperidine rings is 1. The van der Waals surface area contributed by atoms with Crippen LogP contribution in [0.1, 0.15) is 43.2 Å². The zero-order valence-electron chi connectivity index (χ0n) is 15.8.